The van der Waals surface area contributed by atoms with Crippen LogP contribution in [0.4, 0.5) is 0 Å². The summed E-state index contributed by atoms with van der Waals surface area (Å²) in [6, 6.07) is 22.0. The topological polar surface area (TPSA) is 167 Å². The molecule has 2 N–H and O–H groups in total. The van der Waals surface area contributed by atoms with E-state index in [1.54, 1.807) is 102 Å². The Morgan fingerprint density at radius 2 is 1.02 bits per heavy atom. The third-order valence-electron chi connectivity index (χ3n) is 7.69. The lowest BCUT2D eigenvalue weighted by Gasteiger charge is -1.79. The fourth-order valence-corrected chi connectivity index (χ4v) is 6.23. The van der Waals surface area contributed by atoms with E-state index in [0.29, 0.717) is 0 Å². The number of H-pyrrole nitrogens is 2. The number of thiophene rings is 2. The van der Waals surface area contributed by atoms with Crippen LogP contribution in [0, 0.1) is 76.2 Å². The lowest BCUT2D eigenvalue weighted by Crippen LogP contribution is -1.75. The zero-order chi connectivity index (χ0) is 76.9. The van der Waals surface area contributed by atoms with Crippen LogP contribution in [0.2, 0.25) is 0 Å². The quantitative estimate of drug-likeness (QED) is 0.149. The Morgan fingerprint density at radius 3 is 1.15 bits per heavy atom. The van der Waals surface area contributed by atoms with E-state index in [1.165, 1.54) is 40.0 Å². The van der Waals surface area contributed by atoms with Crippen molar-refractivity contribution in [1.82, 2.24) is 39.5 Å². The molecule has 0 radical (unpaired) electrons. The van der Waals surface area contributed by atoms with Crippen molar-refractivity contribution in [2.45, 2.75) is 242 Å². The van der Waals surface area contributed by atoms with Gasteiger partial charge in [-0.1, -0.05) is 172 Å². The van der Waals surface area contributed by atoms with Crippen molar-refractivity contribution >= 4 is 45.3 Å². The molecule has 0 amide bonds. The van der Waals surface area contributed by atoms with E-state index in [2.05, 4.69) is 94.4 Å². The second kappa shape index (κ2) is 112. The van der Waals surface area contributed by atoms with E-state index < -0.39 is 0 Å². The second-order valence-corrected chi connectivity index (χ2v) is 18.4. The second-order valence-electron chi connectivity index (χ2n) is 14.6. The van der Waals surface area contributed by atoms with Crippen molar-refractivity contribution in [2.24, 2.45) is 7.05 Å². The van der Waals surface area contributed by atoms with Crippen LogP contribution in [0.5, 0.6) is 0 Å². The Hall–Kier alpha value is -7.31. The molecule has 96 heavy (non-hydrogen) atoms. The molecule has 12 rings (SSSR count). The lowest BCUT2D eigenvalue weighted by atomic mass is 10.4. The highest BCUT2D eigenvalue weighted by molar-refractivity contribution is 7.10. The molecule has 0 spiro atoms. The molecule has 12 heterocycles. The van der Waals surface area contributed by atoms with Crippen LogP contribution < -0.4 is 0 Å². The number of nitrogens with zero attached hydrogens (tertiary/aromatic N) is 6. The average molecular weight is 1410 g/mol. The number of aryl methyl sites for hydroxylation is 12. The molecular weight excluding hydrogens is 1270 g/mol. The number of hydrogen-bond donors (Lipinski definition) is 2. The molecule has 0 aromatic carbocycles. The summed E-state index contributed by atoms with van der Waals surface area (Å²) >= 11 is 6.81. The van der Waals surface area contributed by atoms with Gasteiger partial charge < -0.3 is 36.6 Å². The van der Waals surface area contributed by atoms with Crippen molar-refractivity contribution < 1.29 is 22.1 Å². The van der Waals surface area contributed by atoms with Gasteiger partial charge in [0.1, 0.15) is 24.0 Å². The van der Waals surface area contributed by atoms with Crippen molar-refractivity contribution in [1.29, 1.82) is 0 Å². The minimum absolute atomic E-state index is 0.718. The van der Waals surface area contributed by atoms with Gasteiger partial charge in [0.05, 0.1) is 47.4 Å². The Kier molecular flexibility index (Phi) is 135. The Balaban J connectivity index is -0.0000000779. The molecule has 12 aromatic rings. The Bertz CT molecular complexity index is 2030. The molecule has 0 saturated carbocycles. The summed E-state index contributed by atoms with van der Waals surface area (Å²) in [5, 5.41) is 11.4. The molecule has 0 unspecified atom stereocenters. The van der Waals surface area contributed by atoms with Crippen LogP contribution in [0.1, 0.15) is 227 Å². The van der Waals surface area contributed by atoms with E-state index in [4.69, 9.17) is 17.7 Å². The van der Waals surface area contributed by atoms with Crippen LogP contribution >= 0.6 is 45.3 Å². The van der Waals surface area contributed by atoms with Crippen LogP contribution in [-0.4, -0.2) is 39.5 Å². The number of aromatic nitrogens is 8. The Labute approximate surface area is 606 Å². The maximum absolute atomic E-state index is 4.83. The van der Waals surface area contributed by atoms with E-state index in [0.717, 1.165) is 33.8 Å². The van der Waals surface area contributed by atoms with E-state index in [9.17, 15) is 0 Å². The summed E-state index contributed by atoms with van der Waals surface area (Å²) in [5.74, 6) is 2.54. The van der Waals surface area contributed by atoms with Crippen LogP contribution in [0.15, 0.2) is 215 Å². The van der Waals surface area contributed by atoms with Crippen LogP contribution in [-0.2, 0) is 7.05 Å². The first-order valence-corrected chi connectivity index (χ1v) is 37.9. The summed E-state index contributed by atoms with van der Waals surface area (Å²) in [6.45, 7) is 69.7. The maximum atomic E-state index is 4.83. The summed E-state index contributed by atoms with van der Waals surface area (Å²) in [5.41, 5.74) is 8.91. The molecule has 0 aliphatic carbocycles. The number of oxazole rings is 3. The number of furan rings is 2. The monoisotopic (exact) mass is 1410 g/mol. The van der Waals surface area contributed by atoms with Crippen molar-refractivity contribution in [3.63, 3.8) is 0 Å². The Morgan fingerprint density at radius 1 is 0.417 bits per heavy atom. The summed E-state index contributed by atoms with van der Waals surface area (Å²) < 4.78 is 25.6. The molecule has 17 heteroatoms. The van der Waals surface area contributed by atoms with Gasteiger partial charge >= 0.3 is 0 Å². The number of aromatic amines is 2. The van der Waals surface area contributed by atoms with Crippen LogP contribution in [0.25, 0.3) is 0 Å². The SMILES string of the molecule is CC.CC.CC.CC.CC.CC.CC.CC.CC.CC.CC.CC.Cc1cc[nH]c1.Cc1ccc[nH]1.Cc1ccco1.Cc1cccs1.Cc1ccoc1.Cc1ccsc1.Cc1cnco1.Cc1cocn1.Cc1cscn1.Cc1ncco1.Cc1nccs1.Cn1cccc1. The van der Waals surface area contributed by atoms with Gasteiger partial charge in [0.15, 0.2) is 18.7 Å². The molecule has 13 nitrogen and oxygen atoms in total. The number of nitrogens with one attached hydrogen (secondary N) is 2. The van der Waals surface area contributed by atoms with Crippen LogP contribution in [0.3, 0.4) is 0 Å². The molecule has 0 bridgehead atoms. The molecular formula is C79H142N8O5S4. The van der Waals surface area contributed by atoms with Gasteiger partial charge in [-0.3, -0.25) is 9.97 Å². The third-order valence-corrected chi connectivity index (χ3v) is 10.7. The van der Waals surface area contributed by atoms with Gasteiger partial charge in [-0.15, -0.1) is 34.0 Å². The zero-order valence-electron chi connectivity index (χ0n) is 67.3. The smallest absolute Gasteiger partial charge is 0.190 e. The maximum Gasteiger partial charge on any atom is 0.190 e. The number of thiazole rings is 2. The highest BCUT2D eigenvalue weighted by Gasteiger charge is 1.82. The van der Waals surface area contributed by atoms with Gasteiger partial charge in [0.25, 0.3) is 0 Å². The largest absolute Gasteiger partial charge is 0.472 e. The minimum atomic E-state index is 0.718. The first-order chi connectivity index (χ1) is 46.7. The fourth-order valence-electron chi connectivity index (χ4n) is 4.05. The standard InChI is InChI=1S/3C5H7N.2C5H6O.2C5H6S.3C4H5NO.2C4H5NS.12C2H6/c1-5-2-3-6-4-5;1-6-4-2-3-5-6;1-5-3-2-4-6-5;1-5-2-3-6-4-5;1-5-3-2-4-6-5;1-5-2-3-6-4-5;1-5-3-2-4-6-5;1-4-2-6-3-5-4;1-4-2-5-3-6-4;1-4-5-2-3-6-4;1-4-2-6-3-5-4;1-4-5-2-3-6-4;12*1-2/h2-4,6H,1H3;2-5H,1H3;2-4,6H,1H3;4*2-4H,1H3;5*2-3H,1H3;12*1-2H3. The summed E-state index contributed by atoms with van der Waals surface area (Å²) in [7, 11) is 2.00. The molecule has 552 valence electrons. The number of rotatable bonds is 0. The number of hydrogen-bond acceptors (Lipinski definition) is 14. The van der Waals surface area contributed by atoms with Crippen molar-refractivity contribution in [3.05, 3.63) is 254 Å². The van der Waals surface area contributed by atoms with E-state index >= 15 is 0 Å². The first kappa shape index (κ1) is 116. The highest BCUT2D eigenvalue weighted by atomic mass is 32.1. The van der Waals surface area contributed by atoms with Crippen molar-refractivity contribution in [3.8, 4) is 0 Å². The molecule has 0 atom stereocenters. The van der Waals surface area contributed by atoms with E-state index in [-0.39, 0.29) is 0 Å². The minimum Gasteiger partial charge on any atom is -0.472 e. The average Bonchev–Trinajstić information content (AvgIpc) is 4.46. The summed E-state index contributed by atoms with van der Waals surface area (Å²) in [6.07, 6.45) is 25.9. The molecule has 0 fully saturated rings. The van der Waals surface area contributed by atoms with Gasteiger partial charge in [-0.25, -0.2) is 15.0 Å². The highest BCUT2D eigenvalue weighted by Crippen LogP contribution is 2.04. The predicted octanol–water partition coefficient (Wildman–Crippen LogP) is 29.1. The van der Waals surface area contributed by atoms with Gasteiger partial charge in [0.2, 0.25) is 0 Å². The van der Waals surface area contributed by atoms with Gasteiger partial charge in [-0.2, -0.15) is 11.3 Å². The third kappa shape index (κ3) is 108. The normalized spacial score (nSPS) is 7.38. The molecule has 0 saturated heterocycles. The van der Waals surface area contributed by atoms with Crippen molar-refractivity contribution in [2.75, 3.05) is 0 Å². The van der Waals surface area contributed by atoms with Gasteiger partial charge in [-0.05, 0) is 163 Å². The molecule has 0 aliphatic heterocycles. The molecule has 12 aromatic heterocycles. The lowest BCUT2D eigenvalue weighted by molar-refractivity contribution is 0.521. The fraction of sp³-hybridized carbons (Fsp3) is 0.456. The summed E-state index contributed by atoms with van der Waals surface area (Å²) in [4.78, 5) is 26.3. The predicted molar refractivity (Wildman–Crippen MR) is 435 cm³/mol. The van der Waals surface area contributed by atoms with E-state index in [1.807, 2.05) is 322 Å². The zero-order valence-corrected chi connectivity index (χ0v) is 70.6. The van der Waals surface area contributed by atoms with Gasteiger partial charge in [0, 0.05) is 78.2 Å². The first-order valence-electron chi connectivity index (χ1n) is 34.2. The molecule has 0 aliphatic rings.